The maximum Gasteiger partial charge on any atom is 0.332 e. The number of methoxy groups -OCH3 is 1. The minimum atomic E-state index is -1.33. The van der Waals surface area contributed by atoms with Crippen molar-refractivity contribution in [2.24, 2.45) is 0 Å². The van der Waals surface area contributed by atoms with Gasteiger partial charge in [0.15, 0.2) is 0 Å². The molecule has 0 spiro atoms. The van der Waals surface area contributed by atoms with Gasteiger partial charge in [-0.05, 0) is 39.3 Å². The molecule has 0 saturated heterocycles. The van der Waals surface area contributed by atoms with Crippen molar-refractivity contribution < 1.29 is 24.2 Å². The number of nitrogens with one attached hydrogen (secondary N) is 1. The number of fused-ring (bicyclic) bond motifs is 1. The number of carboxylic acid groups (broad SMARTS) is 1. The highest BCUT2D eigenvalue weighted by Crippen LogP contribution is 2.32. The van der Waals surface area contributed by atoms with Crippen LogP contribution in [-0.2, 0) is 22.6 Å². The van der Waals surface area contributed by atoms with Crippen molar-refractivity contribution in [1.29, 1.82) is 0 Å². The molecule has 0 aliphatic rings. The summed E-state index contributed by atoms with van der Waals surface area (Å²) in [6.45, 7) is 6.67. The number of hydrogen-bond donors (Lipinski definition) is 2. The smallest absolute Gasteiger partial charge is 0.332 e. The number of rotatable bonds is 10. The lowest BCUT2D eigenvalue weighted by molar-refractivity contribution is -0.137. The van der Waals surface area contributed by atoms with Crippen LogP contribution >= 0.6 is 11.3 Å². The van der Waals surface area contributed by atoms with Gasteiger partial charge >= 0.3 is 11.7 Å². The Morgan fingerprint density at radius 2 is 1.86 bits per heavy atom. The van der Waals surface area contributed by atoms with Crippen LogP contribution in [-0.4, -0.2) is 45.9 Å². The van der Waals surface area contributed by atoms with Crippen molar-refractivity contribution in [2.45, 2.75) is 53.0 Å². The predicted molar refractivity (Wildman–Crippen MR) is 133 cm³/mol. The van der Waals surface area contributed by atoms with Crippen molar-refractivity contribution in [3.05, 3.63) is 61.1 Å². The second-order valence-corrected chi connectivity index (χ2v) is 9.19. The van der Waals surface area contributed by atoms with E-state index in [9.17, 15) is 24.3 Å². The van der Waals surface area contributed by atoms with Gasteiger partial charge in [-0.1, -0.05) is 18.2 Å². The van der Waals surface area contributed by atoms with E-state index in [4.69, 9.17) is 9.47 Å². The number of ether oxygens (including phenoxy) is 2. The van der Waals surface area contributed by atoms with Crippen molar-refractivity contribution >= 4 is 33.4 Å². The predicted octanol–water partition coefficient (Wildman–Crippen LogP) is 2.54. The second kappa shape index (κ2) is 10.9. The van der Waals surface area contributed by atoms with E-state index in [0.29, 0.717) is 32.9 Å². The Labute approximate surface area is 205 Å². The van der Waals surface area contributed by atoms with E-state index in [1.165, 1.54) is 11.7 Å². The number of benzene rings is 1. The first-order valence-corrected chi connectivity index (χ1v) is 12.0. The summed E-state index contributed by atoms with van der Waals surface area (Å²) in [6.07, 6.45) is -0.866. The number of carbonyl (C=O) groups excluding carboxylic acids is 1. The minimum Gasteiger partial charge on any atom is -0.496 e. The molecule has 35 heavy (non-hydrogen) atoms. The lowest BCUT2D eigenvalue weighted by Crippen LogP contribution is -2.42. The van der Waals surface area contributed by atoms with Gasteiger partial charge in [0, 0.05) is 12.1 Å². The number of carboxylic acids is 1. The number of carbonyl (C=O) groups is 2. The first kappa shape index (κ1) is 26.2. The molecule has 0 radical (unpaired) electrons. The standard InChI is InChI=1S/C24H29N3O7S/c1-6-25-21(30)20-14(4)19-22(31)26(12-18(28)29)24(32)27(23(19)35-20)11-17(34-13(2)3)15-9-7-8-10-16(15)33-5/h7-10,13,17H,6,11-12H2,1-5H3,(H,25,30)(H,28,29)/t17-/m0/s1. The van der Waals surface area contributed by atoms with E-state index in [0.717, 1.165) is 11.3 Å². The average Bonchev–Trinajstić information content (AvgIpc) is 3.15. The summed E-state index contributed by atoms with van der Waals surface area (Å²) in [6, 6.07) is 7.23. The zero-order valence-electron chi connectivity index (χ0n) is 20.3. The maximum atomic E-state index is 13.4. The van der Waals surface area contributed by atoms with Crippen LogP contribution in [0.1, 0.15) is 47.7 Å². The summed E-state index contributed by atoms with van der Waals surface area (Å²) >= 11 is 1.02. The molecule has 3 aromatic rings. The molecule has 11 heteroatoms. The van der Waals surface area contributed by atoms with Crippen LogP contribution < -0.4 is 21.3 Å². The van der Waals surface area contributed by atoms with Crippen LogP contribution in [0.25, 0.3) is 10.2 Å². The fraction of sp³-hybridized carbons (Fsp3) is 0.417. The van der Waals surface area contributed by atoms with Crippen molar-refractivity contribution in [2.75, 3.05) is 13.7 Å². The third-order valence-corrected chi connectivity index (χ3v) is 6.72. The lowest BCUT2D eigenvalue weighted by atomic mass is 10.1. The zero-order chi connectivity index (χ0) is 25.9. The molecule has 0 unspecified atom stereocenters. The van der Waals surface area contributed by atoms with Gasteiger partial charge in [0.2, 0.25) is 0 Å². The number of nitrogens with zero attached hydrogens (tertiary/aromatic N) is 2. The number of aromatic nitrogens is 2. The normalized spacial score (nSPS) is 12.2. The molecular weight excluding hydrogens is 474 g/mol. The Balaban J connectivity index is 2.31. The highest BCUT2D eigenvalue weighted by atomic mass is 32.1. The highest BCUT2D eigenvalue weighted by molar-refractivity contribution is 7.20. The zero-order valence-corrected chi connectivity index (χ0v) is 21.1. The van der Waals surface area contributed by atoms with Crippen LogP contribution in [0.15, 0.2) is 33.9 Å². The summed E-state index contributed by atoms with van der Waals surface area (Å²) < 4.78 is 13.6. The van der Waals surface area contributed by atoms with E-state index in [1.807, 2.05) is 32.0 Å². The molecule has 0 aliphatic heterocycles. The topological polar surface area (TPSA) is 129 Å². The summed E-state index contributed by atoms with van der Waals surface area (Å²) in [5.74, 6) is -1.13. The third kappa shape index (κ3) is 5.30. The van der Waals surface area contributed by atoms with Gasteiger partial charge in [-0.3, -0.25) is 19.0 Å². The molecule has 0 fully saturated rings. The van der Waals surface area contributed by atoms with Gasteiger partial charge in [-0.25, -0.2) is 9.36 Å². The number of para-hydroxylation sites is 1. The van der Waals surface area contributed by atoms with Gasteiger partial charge in [0.05, 0.1) is 30.0 Å². The summed E-state index contributed by atoms with van der Waals surface area (Å²) in [7, 11) is 1.53. The van der Waals surface area contributed by atoms with Gasteiger partial charge < -0.3 is 19.9 Å². The maximum absolute atomic E-state index is 13.4. The Morgan fingerprint density at radius 3 is 2.46 bits per heavy atom. The quantitative estimate of drug-likeness (QED) is 0.435. The Bertz CT molecular complexity index is 1370. The van der Waals surface area contributed by atoms with Crippen LogP contribution in [0.3, 0.4) is 0 Å². The minimum absolute atomic E-state index is 0.0252. The fourth-order valence-electron chi connectivity index (χ4n) is 3.93. The largest absolute Gasteiger partial charge is 0.496 e. The first-order valence-electron chi connectivity index (χ1n) is 11.2. The molecule has 10 nitrogen and oxygen atoms in total. The molecule has 1 amide bonds. The molecule has 2 heterocycles. The number of thiophene rings is 1. The Kier molecular flexibility index (Phi) is 8.13. The number of amides is 1. The summed E-state index contributed by atoms with van der Waals surface area (Å²) in [5.41, 5.74) is -0.447. The van der Waals surface area contributed by atoms with Gasteiger partial charge in [-0.2, -0.15) is 0 Å². The molecule has 3 rings (SSSR count). The van der Waals surface area contributed by atoms with E-state index >= 15 is 0 Å². The Hall–Kier alpha value is -3.44. The molecular formula is C24H29N3O7S. The van der Waals surface area contributed by atoms with Crippen LogP contribution in [0.5, 0.6) is 5.75 Å². The van der Waals surface area contributed by atoms with E-state index in [-0.39, 0.29) is 28.8 Å². The van der Waals surface area contributed by atoms with E-state index in [1.54, 1.807) is 19.9 Å². The molecule has 188 valence electrons. The van der Waals surface area contributed by atoms with Crippen LogP contribution in [0.4, 0.5) is 0 Å². The van der Waals surface area contributed by atoms with Gasteiger partial charge in [0.1, 0.15) is 23.2 Å². The van der Waals surface area contributed by atoms with Gasteiger partial charge in [0.25, 0.3) is 11.5 Å². The monoisotopic (exact) mass is 503 g/mol. The summed E-state index contributed by atoms with van der Waals surface area (Å²) in [5, 5.41) is 12.2. The molecule has 1 aromatic carbocycles. The second-order valence-electron chi connectivity index (χ2n) is 8.19. The molecule has 0 bridgehead atoms. The molecule has 0 aliphatic carbocycles. The number of hydrogen-bond acceptors (Lipinski definition) is 7. The molecule has 2 N–H and O–H groups in total. The van der Waals surface area contributed by atoms with Crippen molar-refractivity contribution in [3.63, 3.8) is 0 Å². The molecule has 2 aromatic heterocycles. The first-order chi connectivity index (χ1) is 16.6. The van der Waals surface area contributed by atoms with E-state index < -0.39 is 29.9 Å². The SMILES string of the molecule is CCNC(=O)c1sc2c(c1C)c(=O)n(CC(=O)O)c(=O)n2C[C@H](OC(C)C)c1ccccc1OC. The number of aliphatic carboxylic acids is 1. The van der Waals surface area contributed by atoms with E-state index in [2.05, 4.69) is 5.32 Å². The van der Waals surface area contributed by atoms with Gasteiger partial charge in [-0.15, -0.1) is 11.3 Å². The van der Waals surface area contributed by atoms with Crippen molar-refractivity contribution in [1.82, 2.24) is 14.5 Å². The third-order valence-electron chi connectivity index (χ3n) is 5.40. The van der Waals surface area contributed by atoms with Crippen LogP contribution in [0, 0.1) is 6.92 Å². The summed E-state index contributed by atoms with van der Waals surface area (Å²) in [4.78, 5) is 51.3. The highest BCUT2D eigenvalue weighted by Gasteiger charge is 2.27. The molecule has 0 saturated carbocycles. The number of aryl methyl sites for hydroxylation is 1. The molecule has 1 atom stereocenters. The van der Waals surface area contributed by atoms with Crippen molar-refractivity contribution in [3.8, 4) is 5.75 Å². The lowest BCUT2D eigenvalue weighted by Gasteiger charge is -2.24. The average molecular weight is 504 g/mol. The Morgan fingerprint density at radius 1 is 1.17 bits per heavy atom. The fourth-order valence-corrected chi connectivity index (χ4v) is 5.15. The van der Waals surface area contributed by atoms with Crippen LogP contribution in [0.2, 0.25) is 0 Å².